The number of hydrogen-bond acceptors (Lipinski definition) is 2. The fourth-order valence-electron chi connectivity index (χ4n) is 2.74. The molecule has 0 amide bonds. The minimum absolute atomic E-state index is 0.549. The van der Waals surface area contributed by atoms with Gasteiger partial charge in [0.15, 0.2) is 0 Å². The number of halogens is 1. The molecule has 3 nitrogen and oxygen atoms in total. The summed E-state index contributed by atoms with van der Waals surface area (Å²) in [4.78, 5) is 2.46. The quantitative estimate of drug-likeness (QED) is 0.739. The van der Waals surface area contributed by atoms with Crippen LogP contribution < -0.4 is 0 Å². The van der Waals surface area contributed by atoms with Gasteiger partial charge in [-0.2, -0.15) is 5.10 Å². The molecule has 1 fully saturated rings. The van der Waals surface area contributed by atoms with E-state index in [4.69, 9.17) is 16.7 Å². The normalized spacial score (nSPS) is 21.0. The molecule has 102 valence electrons. The maximum atomic E-state index is 5.91. The Kier molecular flexibility index (Phi) is 5.07. The van der Waals surface area contributed by atoms with E-state index < -0.39 is 0 Å². The Morgan fingerprint density at radius 3 is 2.83 bits per heavy atom. The fourth-order valence-corrected chi connectivity index (χ4v) is 2.99. The molecular weight excluding hydrogens is 246 g/mol. The molecule has 2 rings (SSSR count). The molecule has 18 heavy (non-hydrogen) atoms. The number of rotatable bonds is 6. The van der Waals surface area contributed by atoms with Crippen LogP contribution in [0.2, 0.25) is 0 Å². The van der Waals surface area contributed by atoms with Crippen LogP contribution in [0.1, 0.15) is 44.8 Å². The Bertz CT molecular complexity index is 360. The van der Waals surface area contributed by atoms with Crippen molar-refractivity contribution >= 4 is 11.6 Å². The largest absolute Gasteiger partial charge is 0.297 e. The lowest BCUT2D eigenvalue weighted by Crippen LogP contribution is -2.21. The maximum absolute atomic E-state index is 5.91. The van der Waals surface area contributed by atoms with Gasteiger partial charge in [0.25, 0.3) is 0 Å². The highest BCUT2D eigenvalue weighted by Crippen LogP contribution is 2.20. The zero-order valence-electron chi connectivity index (χ0n) is 11.5. The number of alkyl halides is 1. The molecule has 1 unspecified atom stereocenters. The highest BCUT2D eigenvalue weighted by Gasteiger charge is 2.22. The molecule has 0 radical (unpaired) electrons. The zero-order chi connectivity index (χ0) is 13.0. The van der Waals surface area contributed by atoms with Gasteiger partial charge in [-0.3, -0.25) is 9.58 Å². The van der Waals surface area contributed by atoms with Gasteiger partial charge in [-0.1, -0.05) is 13.8 Å². The van der Waals surface area contributed by atoms with Gasteiger partial charge in [0.2, 0.25) is 0 Å². The molecule has 1 aliphatic heterocycles. The van der Waals surface area contributed by atoms with Gasteiger partial charge in [0.1, 0.15) is 0 Å². The van der Waals surface area contributed by atoms with Gasteiger partial charge >= 0.3 is 0 Å². The minimum Gasteiger partial charge on any atom is -0.297 e. The van der Waals surface area contributed by atoms with E-state index in [0.717, 1.165) is 38.4 Å². The van der Waals surface area contributed by atoms with E-state index in [0.29, 0.717) is 12.0 Å². The first-order valence-electron chi connectivity index (χ1n) is 7.09. The predicted octanol–water partition coefficient (Wildman–Crippen LogP) is 3.30. The van der Waals surface area contributed by atoms with Crippen molar-refractivity contribution in [3.05, 3.63) is 18.0 Å². The fraction of sp³-hybridized carbons (Fsp3) is 0.786. The topological polar surface area (TPSA) is 21.1 Å². The van der Waals surface area contributed by atoms with Crippen LogP contribution in [0.15, 0.2) is 12.3 Å². The summed E-state index contributed by atoms with van der Waals surface area (Å²) >= 11 is 5.91. The van der Waals surface area contributed by atoms with Crippen LogP contribution in [0, 0.1) is 5.92 Å². The molecular formula is C14H24ClN3. The van der Waals surface area contributed by atoms with Crippen LogP contribution in [-0.2, 0) is 6.54 Å². The van der Waals surface area contributed by atoms with Gasteiger partial charge in [0, 0.05) is 25.2 Å². The number of nitrogens with zero attached hydrogens (tertiary/aromatic N) is 3. The minimum atomic E-state index is 0.549. The third kappa shape index (κ3) is 3.27. The highest BCUT2D eigenvalue weighted by atomic mass is 35.5. The zero-order valence-corrected chi connectivity index (χ0v) is 12.2. The number of hydrogen-bond donors (Lipinski definition) is 0. The summed E-state index contributed by atoms with van der Waals surface area (Å²) in [6, 6.07) is 2.71. The van der Waals surface area contributed by atoms with Gasteiger partial charge in [0.05, 0.1) is 11.7 Å². The van der Waals surface area contributed by atoms with E-state index >= 15 is 0 Å². The average molecular weight is 270 g/mol. The van der Waals surface area contributed by atoms with E-state index in [9.17, 15) is 0 Å². The lowest BCUT2D eigenvalue weighted by molar-refractivity contribution is 0.313. The first kappa shape index (κ1) is 13.9. The Labute approximate surface area is 115 Å². The van der Waals surface area contributed by atoms with E-state index in [2.05, 4.69) is 35.7 Å². The summed E-state index contributed by atoms with van der Waals surface area (Å²) in [5, 5.41) is 4.71. The predicted molar refractivity (Wildman–Crippen MR) is 76.0 cm³/mol. The Morgan fingerprint density at radius 2 is 2.22 bits per heavy atom. The second kappa shape index (κ2) is 6.58. The van der Waals surface area contributed by atoms with Crippen molar-refractivity contribution < 1.29 is 0 Å². The molecule has 4 heteroatoms. The summed E-state index contributed by atoms with van der Waals surface area (Å²) < 4.78 is 2.13. The first-order chi connectivity index (χ1) is 8.76. The van der Waals surface area contributed by atoms with Crippen molar-refractivity contribution in [2.24, 2.45) is 5.92 Å². The van der Waals surface area contributed by atoms with E-state index in [1.807, 2.05) is 0 Å². The molecule has 1 aromatic heterocycles. The van der Waals surface area contributed by atoms with Crippen LogP contribution in [0.4, 0.5) is 0 Å². The van der Waals surface area contributed by atoms with Crippen molar-refractivity contribution in [2.45, 2.75) is 45.7 Å². The second-order valence-electron chi connectivity index (χ2n) is 5.30. The number of aromatic nitrogens is 2. The third-order valence-corrected chi connectivity index (χ3v) is 4.39. The van der Waals surface area contributed by atoms with Crippen LogP contribution in [0.25, 0.3) is 0 Å². The van der Waals surface area contributed by atoms with Gasteiger partial charge < -0.3 is 0 Å². The summed E-state index contributed by atoms with van der Waals surface area (Å²) in [6.07, 6.45) is 5.66. The smallest absolute Gasteiger partial charge is 0.0764 e. The van der Waals surface area contributed by atoms with Crippen molar-refractivity contribution in [3.63, 3.8) is 0 Å². The standard InChI is InChI=1S/C14H24ClN3/c1-3-14(4-2)18-8-6-13(16-18)11-17-7-5-12(9-15)10-17/h6,8,12,14H,3-5,7,9-11H2,1-2H3. The average Bonchev–Trinajstić information content (AvgIpc) is 3.01. The molecule has 2 heterocycles. The summed E-state index contributed by atoms with van der Waals surface area (Å²) in [7, 11) is 0. The molecule has 0 spiro atoms. The van der Waals surface area contributed by atoms with E-state index in [-0.39, 0.29) is 0 Å². The van der Waals surface area contributed by atoms with Gasteiger partial charge in [-0.25, -0.2) is 0 Å². The molecule has 0 N–H and O–H groups in total. The molecule has 0 aliphatic carbocycles. The summed E-state index contributed by atoms with van der Waals surface area (Å²) in [6.45, 7) is 7.71. The van der Waals surface area contributed by atoms with Crippen LogP contribution in [0.5, 0.6) is 0 Å². The van der Waals surface area contributed by atoms with Crippen molar-refractivity contribution in [3.8, 4) is 0 Å². The summed E-state index contributed by atoms with van der Waals surface area (Å²) in [5.41, 5.74) is 1.19. The van der Waals surface area contributed by atoms with E-state index in [1.165, 1.54) is 12.1 Å². The lowest BCUT2D eigenvalue weighted by Gasteiger charge is -2.15. The molecule has 1 aliphatic rings. The van der Waals surface area contributed by atoms with Crippen LogP contribution in [0.3, 0.4) is 0 Å². The number of likely N-dealkylation sites (tertiary alicyclic amines) is 1. The van der Waals surface area contributed by atoms with Gasteiger partial charge in [-0.15, -0.1) is 11.6 Å². The monoisotopic (exact) mass is 269 g/mol. The maximum Gasteiger partial charge on any atom is 0.0764 e. The molecule has 0 aromatic carbocycles. The van der Waals surface area contributed by atoms with E-state index in [1.54, 1.807) is 0 Å². The van der Waals surface area contributed by atoms with Gasteiger partial charge in [-0.05, 0) is 37.8 Å². The Hall–Kier alpha value is -0.540. The Balaban J connectivity index is 1.91. The second-order valence-corrected chi connectivity index (χ2v) is 5.61. The molecule has 0 bridgehead atoms. The van der Waals surface area contributed by atoms with Crippen LogP contribution in [-0.4, -0.2) is 33.6 Å². The highest BCUT2D eigenvalue weighted by molar-refractivity contribution is 6.18. The third-order valence-electron chi connectivity index (χ3n) is 3.95. The summed E-state index contributed by atoms with van der Waals surface area (Å²) in [5.74, 6) is 1.46. The molecule has 1 saturated heterocycles. The molecule has 1 aromatic rings. The SMILES string of the molecule is CCC(CC)n1ccc(CN2CCC(CCl)C2)n1. The Morgan fingerprint density at radius 1 is 1.44 bits per heavy atom. The van der Waals surface area contributed by atoms with Crippen molar-refractivity contribution in [1.29, 1.82) is 0 Å². The van der Waals surface area contributed by atoms with Crippen LogP contribution >= 0.6 is 11.6 Å². The lowest BCUT2D eigenvalue weighted by atomic mass is 10.2. The first-order valence-corrected chi connectivity index (χ1v) is 7.62. The molecule has 0 saturated carbocycles. The van der Waals surface area contributed by atoms with Crippen molar-refractivity contribution in [2.75, 3.05) is 19.0 Å². The van der Waals surface area contributed by atoms with Crippen molar-refractivity contribution in [1.82, 2.24) is 14.7 Å². The molecule has 1 atom stereocenters.